The molecule has 1 aromatic carbocycles. The molecule has 1 aliphatic rings. The quantitative estimate of drug-likeness (QED) is 0.510. The van der Waals surface area contributed by atoms with Crippen LogP contribution < -0.4 is 0 Å². The van der Waals surface area contributed by atoms with Crippen molar-refractivity contribution in [3.05, 3.63) is 71.9 Å². The Morgan fingerprint density at radius 3 is 2.67 bits per heavy atom. The van der Waals surface area contributed by atoms with Crippen LogP contribution in [-0.2, 0) is 11.3 Å². The molecule has 7 heteroatoms. The molecule has 1 fully saturated rings. The summed E-state index contributed by atoms with van der Waals surface area (Å²) in [5, 5.41) is 5.45. The van der Waals surface area contributed by atoms with Crippen molar-refractivity contribution >= 4 is 16.8 Å². The molecule has 3 heterocycles. The average molecular weight is 401 g/mol. The number of fused-ring (bicyclic) bond motifs is 1. The van der Waals surface area contributed by atoms with Crippen molar-refractivity contribution in [3.63, 3.8) is 0 Å². The third-order valence-corrected chi connectivity index (χ3v) is 5.63. The van der Waals surface area contributed by atoms with Crippen LogP contribution in [0.3, 0.4) is 0 Å². The van der Waals surface area contributed by atoms with Crippen LogP contribution in [0.2, 0.25) is 0 Å². The van der Waals surface area contributed by atoms with E-state index in [1.165, 1.54) is 6.07 Å². The first-order valence-electron chi connectivity index (χ1n) is 10.1. The topological polar surface area (TPSA) is 73.6 Å². The number of ketones is 1. The molecule has 1 aliphatic carbocycles. The Morgan fingerprint density at radius 2 is 1.87 bits per heavy atom. The van der Waals surface area contributed by atoms with Crippen molar-refractivity contribution in [2.75, 3.05) is 0 Å². The van der Waals surface area contributed by atoms with Crippen LogP contribution in [0.25, 0.3) is 22.6 Å². The van der Waals surface area contributed by atoms with Gasteiger partial charge in [0, 0.05) is 36.5 Å². The Hall–Kier alpha value is -3.48. The lowest BCUT2D eigenvalue weighted by molar-refractivity contribution is -0.121. The van der Waals surface area contributed by atoms with Crippen LogP contribution >= 0.6 is 0 Å². The standard InChI is InChI=1S/C23H20FN5O/c24-19-9-3-1-6-15(19)14-29-23-18(8-5-11-25-23)21(28-29)22-26-12-16(13-27-22)17-7-2-4-10-20(17)30/h1,3,5-6,8-9,11-13,17H,2,4,7,10,14H2. The number of rotatable bonds is 4. The normalized spacial score (nSPS) is 16.8. The van der Waals surface area contributed by atoms with Crippen LogP contribution in [0.1, 0.15) is 42.7 Å². The Kier molecular flexibility index (Phi) is 4.78. The lowest BCUT2D eigenvalue weighted by Crippen LogP contribution is -2.17. The maximum Gasteiger partial charge on any atom is 0.180 e. The highest BCUT2D eigenvalue weighted by Gasteiger charge is 2.25. The van der Waals surface area contributed by atoms with E-state index in [0.29, 0.717) is 29.1 Å². The zero-order valence-corrected chi connectivity index (χ0v) is 16.3. The highest BCUT2D eigenvalue weighted by atomic mass is 19.1. The maximum absolute atomic E-state index is 14.1. The van der Waals surface area contributed by atoms with Crippen LogP contribution in [0.5, 0.6) is 0 Å². The van der Waals surface area contributed by atoms with E-state index in [-0.39, 0.29) is 24.1 Å². The average Bonchev–Trinajstić information content (AvgIpc) is 3.14. The molecular weight excluding hydrogens is 381 g/mol. The zero-order chi connectivity index (χ0) is 20.5. The molecule has 1 atom stereocenters. The van der Waals surface area contributed by atoms with Gasteiger partial charge in [-0.25, -0.2) is 24.0 Å². The lowest BCUT2D eigenvalue weighted by atomic mass is 9.84. The molecule has 150 valence electrons. The number of aromatic nitrogens is 5. The predicted octanol–water partition coefficient (Wildman–Crippen LogP) is 4.30. The first-order valence-corrected chi connectivity index (χ1v) is 10.1. The first-order chi connectivity index (χ1) is 14.7. The van der Waals surface area contributed by atoms with Crippen molar-refractivity contribution in [2.45, 2.75) is 38.1 Å². The summed E-state index contributed by atoms with van der Waals surface area (Å²) in [5.74, 6) is 0.343. The molecule has 0 spiro atoms. The highest BCUT2D eigenvalue weighted by molar-refractivity contribution is 5.89. The monoisotopic (exact) mass is 401 g/mol. The molecule has 3 aromatic heterocycles. The number of hydrogen-bond donors (Lipinski definition) is 0. The summed E-state index contributed by atoms with van der Waals surface area (Å²) in [7, 11) is 0. The number of nitrogens with zero attached hydrogens (tertiary/aromatic N) is 5. The molecule has 0 aliphatic heterocycles. The molecular formula is C23H20FN5O. The largest absolute Gasteiger partial charge is 0.299 e. The van der Waals surface area contributed by atoms with E-state index in [9.17, 15) is 9.18 Å². The van der Waals surface area contributed by atoms with Gasteiger partial charge in [-0.1, -0.05) is 24.6 Å². The van der Waals surface area contributed by atoms with Gasteiger partial charge in [0.2, 0.25) is 0 Å². The summed E-state index contributed by atoms with van der Waals surface area (Å²) in [6.07, 6.45) is 8.64. The van der Waals surface area contributed by atoms with Gasteiger partial charge in [0.25, 0.3) is 0 Å². The van der Waals surface area contributed by atoms with Crippen LogP contribution in [-0.4, -0.2) is 30.5 Å². The third-order valence-electron chi connectivity index (χ3n) is 5.63. The van der Waals surface area contributed by atoms with Gasteiger partial charge in [0.15, 0.2) is 11.5 Å². The van der Waals surface area contributed by atoms with Gasteiger partial charge in [0.05, 0.1) is 11.9 Å². The van der Waals surface area contributed by atoms with Gasteiger partial charge < -0.3 is 0 Å². The van der Waals surface area contributed by atoms with Gasteiger partial charge in [-0.3, -0.25) is 4.79 Å². The van der Waals surface area contributed by atoms with E-state index in [4.69, 9.17) is 0 Å². The van der Waals surface area contributed by atoms with Gasteiger partial charge in [-0.15, -0.1) is 0 Å². The van der Waals surface area contributed by atoms with Gasteiger partial charge in [-0.2, -0.15) is 5.10 Å². The fraction of sp³-hybridized carbons (Fsp3) is 0.261. The predicted molar refractivity (Wildman–Crippen MR) is 110 cm³/mol. The summed E-state index contributed by atoms with van der Waals surface area (Å²) in [4.78, 5) is 25.7. The van der Waals surface area contributed by atoms with E-state index in [1.54, 1.807) is 41.5 Å². The third kappa shape index (κ3) is 3.36. The molecule has 5 rings (SSSR count). The van der Waals surface area contributed by atoms with Crippen molar-refractivity contribution < 1.29 is 9.18 Å². The van der Waals surface area contributed by atoms with Crippen LogP contribution in [0.15, 0.2) is 55.0 Å². The molecule has 0 bridgehead atoms. The van der Waals surface area contributed by atoms with E-state index < -0.39 is 0 Å². The highest BCUT2D eigenvalue weighted by Crippen LogP contribution is 2.30. The maximum atomic E-state index is 14.1. The van der Waals surface area contributed by atoms with Crippen LogP contribution in [0, 0.1) is 5.82 Å². The molecule has 6 nitrogen and oxygen atoms in total. The Morgan fingerprint density at radius 1 is 1.03 bits per heavy atom. The second-order valence-electron chi connectivity index (χ2n) is 7.58. The number of benzene rings is 1. The first kappa shape index (κ1) is 18.5. The van der Waals surface area contributed by atoms with E-state index >= 15 is 0 Å². The fourth-order valence-corrected chi connectivity index (χ4v) is 4.05. The molecule has 0 N–H and O–H groups in total. The Balaban J connectivity index is 1.52. The van der Waals surface area contributed by atoms with Gasteiger partial charge in [-0.05, 0) is 36.6 Å². The van der Waals surface area contributed by atoms with E-state index in [0.717, 1.165) is 30.2 Å². The Bertz CT molecular complexity index is 1220. The molecule has 1 unspecified atom stereocenters. The SMILES string of the molecule is O=C1CCCCC1c1cnc(-c2nn(Cc3ccccc3F)c3ncccc23)nc1. The lowest BCUT2D eigenvalue weighted by Gasteiger charge is -2.20. The fourth-order valence-electron chi connectivity index (χ4n) is 4.05. The summed E-state index contributed by atoms with van der Waals surface area (Å²) < 4.78 is 15.8. The minimum absolute atomic E-state index is 0.107. The molecule has 1 saturated carbocycles. The molecule has 0 radical (unpaired) electrons. The Labute approximate surface area is 172 Å². The summed E-state index contributed by atoms with van der Waals surface area (Å²) >= 11 is 0. The zero-order valence-electron chi connectivity index (χ0n) is 16.3. The summed E-state index contributed by atoms with van der Waals surface area (Å²) in [6, 6.07) is 10.4. The number of carbonyl (C=O) groups excluding carboxylic acids is 1. The minimum Gasteiger partial charge on any atom is -0.299 e. The second kappa shape index (κ2) is 7.74. The molecule has 0 saturated heterocycles. The van der Waals surface area contributed by atoms with E-state index in [2.05, 4.69) is 20.1 Å². The van der Waals surface area contributed by atoms with Crippen LogP contribution in [0.4, 0.5) is 4.39 Å². The minimum atomic E-state index is -0.281. The van der Waals surface area contributed by atoms with Crippen molar-refractivity contribution in [1.29, 1.82) is 0 Å². The summed E-state index contributed by atoms with van der Waals surface area (Å²) in [6.45, 7) is 0.259. The molecule has 0 amide bonds. The van der Waals surface area contributed by atoms with Gasteiger partial charge in [0.1, 0.15) is 17.3 Å². The molecule has 30 heavy (non-hydrogen) atoms. The number of carbonyl (C=O) groups is 1. The van der Waals surface area contributed by atoms with Crippen molar-refractivity contribution in [1.82, 2.24) is 24.7 Å². The number of halogens is 1. The number of Topliss-reactive ketones (excluding diaryl/α,β-unsaturated/α-hetero) is 1. The number of pyridine rings is 1. The van der Waals surface area contributed by atoms with Crippen molar-refractivity contribution in [2.24, 2.45) is 0 Å². The smallest absolute Gasteiger partial charge is 0.180 e. The van der Waals surface area contributed by atoms with Crippen molar-refractivity contribution in [3.8, 4) is 11.5 Å². The summed E-state index contributed by atoms with van der Waals surface area (Å²) in [5.41, 5.74) is 2.63. The van der Waals surface area contributed by atoms with Gasteiger partial charge >= 0.3 is 0 Å². The van der Waals surface area contributed by atoms with E-state index in [1.807, 2.05) is 12.1 Å². The second-order valence-corrected chi connectivity index (χ2v) is 7.58. The molecule has 4 aromatic rings. The number of hydrogen-bond acceptors (Lipinski definition) is 5.